The molecule has 3 heterocycles. The van der Waals surface area contributed by atoms with Crippen molar-refractivity contribution in [1.29, 1.82) is 0 Å². The second kappa shape index (κ2) is 10.9. The molecule has 1 aliphatic heterocycles. The van der Waals surface area contributed by atoms with Crippen molar-refractivity contribution in [2.45, 2.75) is 36.8 Å². The highest BCUT2D eigenvalue weighted by atomic mass is 32.2. The molecule has 2 N–H and O–H groups in total. The summed E-state index contributed by atoms with van der Waals surface area (Å²) in [4.78, 5) is 27.9. The Morgan fingerprint density at radius 3 is 2.68 bits per heavy atom. The van der Waals surface area contributed by atoms with E-state index in [1.54, 1.807) is 18.0 Å². The van der Waals surface area contributed by atoms with E-state index in [2.05, 4.69) is 10.3 Å². The lowest BCUT2D eigenvalue weighted by atomic mass is 9.99. The quantitative estimate of drug-likeness (QED) is 0.201. The number of carbonyl (C=O) groups is 1. The smallest absolute Gasteiger partial charge is 0.234 e. The number of rotatable bonds is 7. The predicted molar refractivity (Wildman–Crippen MR) is 148 cm³/mol. The maximum Gasteiger partial charge on any atom is 0.234 e. The van der Waals surface area contributed by atoms with Crippen LogP contribution in [0.4, 0.5) is 5.69 Å². The maximum atomic E-state index is 12.8. The van der Waals surface area contributed by atoms with Crippen molar-refractivity contribution in [2.75, 3.05) is 17.3 Å². The zero-order valence-corrected chi connectivity index (χ0v) is 22.4. The Hall–Kier alpha value is -3.40. The first-order valence-corrected chi connectivity index (χ1v) is 14.0. The molecule has 2 aromatic heterocycles. The number of pyridine rings is 1. The summed E-state index contributed by atoms with van der Waals surface area (Å²) >= 11 is 2.97. The van der Waals surface area contributed by atoms with Crippen molar-refractivity contribution >= 4 is 35.1 Å². The molecule has 2 aromatic carbocycles. The molecule has 0 bridgehead atoms. The van der Waals surface area contributed by atoms with E-state index in [0.717, 1.165) is 38.5 Å². The summed E-state index contributed by atoms with van der Waals surface area (Å²) in [7, 11) is 0. The number of hydrogen-bond acceptors (Lipinski definition) is 8. The molecule has 4 aromatic rings. The van der Waals surface area contributed by atoms with E-state index in [1.165, 1.54) is 11.8 Å². The standard InChI is InChI=1S/C28H26N4O3S2/c1-16-7-9-18(10-8-16)26-31-27-23(12-22-19(14-33)13-29-17(2)25(22)35-27)28(32-26)37-15-24(34)30-20-5-4-6-21(11-20)36-3/h4-11,13,33H,12,14-15H2,1-3H3,(H,30,34). The van der Waals surface area contributed by atoms with Crippen molar-refractivity contribution < 1.29 is 14.6 Å². The third-order valence-electron chi connectivity index (χ3n) is 6.06. The van der Waals surface area contributed by atoms with Gasteiger partial charge in [-0.3, -0.25) is 9.78 Å². The van der Waals surface area contributed by atoms with Gasteiger partial charge in [0.05, 0.1) is 23.6 Å². The van der Waals surface area contributed by atoms with Crippen LogP contribution in [0.3, 0.4) is 0 Å². The summed E-state index contributed by atoms with van der Waals surface area (Å²) in [5.74, 6) is 1.65. The van der Waals surface area contributed by atoms with Gasteiger partial charge in [-0.05, 0) is 38.3 Å². The fourth-order valence-electron chi connectivity index (χ4n) is 4.08. The Labute approximate surface area is 224 Å². The summed E-state index contributed by atoms with van der Waals surface area (Å²) in [6.45, 7) is 3.76. The van der Waals surface area contributed by atoms with Crippen LogP contribution in [0, 0.1) is 13.8 Å². The minimum Gasteiger partial charge on any atom is -0.436 e. The lowest BCUT2D eigenvalue weighted by Gasteiger charge is -2.24. The Kier molecular flexibility index (Phi) is 7.45. The number of aliphatic hydroxyl groups excluding tert-OH is 1. The van der Waals surface area contributed by atoms with Crippen LogP contribution in [0.25, 0.3) is 11.4 Å². The van der Waals surface area contributed by atoms with Gasteiger partial charge in [0.25, 0.3) is 0 Å². The summed E-state index contributed by atoms with van der Waals surface area (Å²) in [5.41, 5.74) is 5.87. The zero-order valence-electron chi connectivity index (χ0n) is 20.7. The molecule has 37 heavy (non-hydrogen) atoms. The van der Waals surface area contributed by atoms with Gasteiger partial charge >= 0.3 is 0 Å². The highest BCUT2D eigenvalue weighted by Gasteiger charge is 2.28. The lowest BCUT2D eigenvalue weighted by Crippen LogP contribution is -2.16. The van der Waals surface area contributed by atoms with Gasteiger partial charge in [0.15, 0.2) is 11.6 Å². The first kappa shape index (κ1) is 25.3. The largest absolute Gasteiger partial charge is 0.436 e. The molecule has 0 aliphatic carbocycles. The number of aliphatic hydroxyl groups is 1. The molecular formula is C28H26N4O3S2. The fraction of sp³-hybridized carbons (Fsp3) is 0.214. The lowest BCUT2D eigenvalue weighted by molar-refractivity contribution is -0.113. The number of aromatic nitrogens is 3. The number of benzene rings is 2. The molecule has 0 unspecified atom stereocenters. The van der Waals surface area contributed by atoms with Crippen LogP contribution in [0.15, 0.2) is 64.6 Å². The second-order valence-corrected chi connectivity index (χ2v) is 10.5. The first-order chi connectivity index (χ1) is 17.9. The van der Waals surface area contributed by atoms with Gasteiger partial charge in [-0.1, -0.05) is 47.7 Å². The SMILES string of the molecule is CSc1cccc(NC(=O)CSc2nc(-c3ccc(C)cc3)nc3c2Cc2c(CO)cnc(C)c2O3)c1. The van der Waals surface area contributed by atoms with Gasteiger partial charge in [-0.2, -0.15) is 4.98 Å². The predicted octanol–water partition coefficient (Wildman–Crippen LogP) is 5.80. The van der Waals surface area contributed by atoms with Gasteiger partial charge in [-0.15, -0.1) is 11.8 Å². The molecule has 0 saturated carbocycles. The number of hydrogen-bond donors (Lipinski definition) is 2. The molecule has 9 heteroatoms. The summed E-state index contributed by atoms with van der Waals surface area (Å²) in [5, 5.41) is 13.5. The van der Waals surface area contributed by atoms with Crippen molar-refractivity contribution in [3.05, 3.63) is 82.7 Å². The van der Waals surface area contributed by atoms with Crippen molar-refractivity contribution in [1.82, 2.24) is 15.0 Å². The van der Waals surface area contributed by atoms with E-state index in [4.69, 9.17) is 14.7 Å². The summed E-state index contributed by atoms with van der Waals surface area (Å²) in [6, 6.07) is 15.7. The van der Waals surface area contributed by atoms with Crippen LogP contribution >= 0.6 is 23.5 Å². The Morgan fingerprint density at radius 1 is 1.11 bits per heavy atom. The maximum absolute atomic E-state index is 12.8. The molecule has 0 radical (unpaired) electrons. The normalized spacial score (nSPS) is 11.9. The molecule has 0 atom stereocenters. The van der Waals surface area contributed by atoms with Crippen LogP contribution in [-0.4, -0.2) is 38.0 Å². The summed E-state index contributed by atoms with van der Waals surface area (Å²) < 4.78 is 6.26. The average Bonchev–Trinajstić information content (AvgIpc) is 2.91. The third-order valence-corrected chi connectivity index (χ3v) is 7.80. The number of fused-ring (bicyclic) bond motifs is 2. The monoisotopic (exact) mass is 530 g/mol. The highest BCUT2D eigenvalue weighted by molar-refractivity contribution is 8.00. The van der Waals surface area contributed by atoms with E-state index >= 15 is 0 Å². The van der Waals surface area contributed by atoms with E-state index < -0.39 is 0 Å². The Balaban J connectivity index is 1.47. The number of amides is 1. The number of carbonyl (C=O) groups excluding carboxylic acids is 1. The second-order valence-electron chi connectivity index (χ2n) is 8.68. The number of thioether (sulfide) groups is 2. The van der Waals surface area contributed by atoms with Gasteiger partial charge in [0.1, 0.15) is 5.03 Å². The molecule has 188 valence electrons. The van der Waals surface area contributed by atoms with Crippen LogP contribution in [0.5, 0.6) is 11.6 Å². The van der Waals surface area contributed by atoms with Crippen molar-refractivity contribution in [3.8, 4) is 23.0 Å². The Morgan fingerprint density at radius 2 is 1.92 bits per heavy atom. The van der Waals surface area contributed by atoms with Crippen LogP contribution in [0.1, 0.15) is 27.9 Å². The van der Waals surface area contributed by atoms with E-state index in [0.29, 0.717) is 34.5 Å². The molecule has 7 nitrogen and oxygen atoms in total. The highest BCUT2D eigenvalue weighted by Crippen LogP contribution is 2.42. The van der Waals surface area contributed by atoms with Crippen molar-refractivity contribution in [2.24, 2.45) is 0 Å². The number of ether oxygens (including phenoxy) is 1. The third kappa shape index (κ3) is 5.49. The van der Waals surface area contributed by atoms with E-state index in [1.807, 2.05) is 68.6 Å². The number of nitrogens with one attached hydrogen (secondary N) is 1. The molecule has 1 amide bonds. The number of nitrogens with zero attached hydrogens (tertiary/aromatic N) is 3. The minimum absolute atomic E-state index is 0.124. The first-order valence-electron chi connectivity index (χ1n) is 11.8. The average molecular weight is 531 g/mol. The van der Waals surface area contributed by atoms with Gasteiger partial charge < -0.3 is 15.2 Å². The van der Waals surface area contributed by atoms with E-state index in [9.17, 15) is 9.90 Å². The number of aryl methyl sites for hydroxylation is 2. The van der Waals surface area contributed by atoms with Gasteiger partial charge in [0.2, 0.25) is 11.8 Å². The number of anilines is 1. The molecule has 1 aliphatic rings. The topological polar surface area (TPSA) is 97.2 Å². The molecule has 0 spiro atoms. The molecule has 5 rings (SSSR count). The minimum atomic E-state index is -0.142. The Bertz CT molecular complexity index is 1480. The van der Waals surface area contributed by atoms with Gasteiger partial charge in [0, 0.05) is 39.9 Å². The van der Waals surface area contributed by atoms with E-state index in [-0.39, 0.29) is 18.3 Å². The van der Waals surface area contributed by atoms with Crippen LogP contribution < -0.4 is 10.1 Å². The zero-order chi connectivity index (χ0) is 25.9. The van der Waals surface area contributed by atoms with Crippen LogP contribution in [-0.2, 0) is 17.8 Å². The van der Waals surface area contributed by atoms with Crippen molar-refractivity contribution in [3.63, 3.8) is 0 Å². The molecule has 0 saturated heterocycles. The fourth-order valence-corrected chi connectivity index (χ4v) is 5.36. The molecular weight excluding hydrogens is 504 g/mol. The summed E-state index contributed by atoms with van der Waals surface area (Å²) in [6.07, 6.45) is 4.16. The van der Waals surface area contributed by atoms with Crippen LogP contribution in [0.2, 0.25) is 0 Å². The van der Waals surface area contributed by atoms with Gasteiger partial charge in [-0.25, -0.2) is 4.98 Å². The molecule has 0 fully saturated rings.